The van der Waals surface area contributed by atoms with Gasteiger partial charge in [-0.05, 0) is 25.7 Å². The molecule has 2 N–H and O–H groups in total. The van der Waals surface area contributed by atoms with Crippen LogP contribution in [-0.2, 0) is 22.6 Å². The molecule has 0 spiro atoms. The zero-order valence-corrected chi connectivity index (χ0v) is 15.3. The fourth-order valence-corrected chi connectivity index (χ4v) is 3.52. The molecule has 0 bridgehead atoms. The van der Waals surface area contributed by atoms with Crippen molar-refractivity contribution in [3.63, 3.8) is 0 Å². The number of hydrogen-bond acceptors (Lipinski definition) is 6. The van der Waals surface area contributed by atoms with E-state index in [9.17, 15) is 9.59 Å². The standard InChI is InChI=1S/C18H26N6O2/c1-12(25)19-10-16(26)24-9-6-15-14(11-24)17(20-13-4-5-13)22-18(21-15)23-7-2-3-8-23/h13H,2-11H2,1H3,(H,19,25)(H,20,21,22). The van der Waals surface area contributed by atoms with E-state index < -0.39 is 0 Å². The van der Waals surface area contributed by atoms with Crippen LogP contribution in [0.4, 0.5) is 11.8 Å². The van der Waals surface area contributed by atoms with Gasteiger partial charge in [-0.1, -0.05) is 0 Å². The molecule has 140 valence electrons. The number of anilines is 2. The van der Waals surface area contributed by atoms with E-state index in [0.717, 1.165) is 42.5 Å². The fraction of sp³-hybridized carbons (Fsp3) is 0.667. The lowest BCUT2D eigenvalue weighted by Crippen LogP contribution is -2.42. The van der Waals surface area contributed by atoms with E-state index in [2.05, 4.69) is 15.5 Å². The average Bonchev–Trinajstić information content (AvgIpc) is 3.28. The summed E-state index contributed by atoms with van der Waals surface area (Å²) in [6, 6.07) is 0.492. The molecule has 0 aromatic carbocycles. The van der Waals surface area contributed by atoms with Crippen molar-refractivity contribution in [3.05, 3.63) is 11.3 Å². The predicted molar refractivity (Wildman–Crippen MR) is 97.9 cm³/mol. The van der Waals surface area contributed by atoms with Crippen LogP contribution in [0, 0.1) is 0 Å². The Morgan fingerprint density at radius 2 is 1.92 bits per heavy atom. The molecule has 3 aliphatic rings. The van der Waals surface area contributed by atoms with Crippen molar-refractivity contribution >= 4 is 23.6 Å². The van der Waals surface area contributed by atoms with Crippen molar-refractivity contribution in [1.82, 2.24) is 20.2 Å². The highest BCUT2D eigenvalue weighted by Gasteiger charge is 2.30. The summed E-state index contributed by atoms with van der Waals surface area (Å²) in [4.78, 5) is 37.1. The van der Waals surface area contributed by atoms with Crippen LogP contribution in [-0.4, -0.2) is 58.9 Å². The summed E-state index contributed by atoms with van der Waals surface area (Å²) >= 11 is 0. The van der Waals surface area contributed by atoms with Gasteiger partial charge in [0.1, 0.15) is 5.82 Å². The largest absolute Gasteiger partial charge is 0.367 e. The van der Waals surface area contributed by atoms with Gasteiger partial charge in [0.25, 0.3) is 0 Å². The van der Waals surface area contributed by atoms with Gasteiger partial charge in [-0.2, -0.15) is 4.98 Å². The first-order valence-electron chi connectivity index (χ1n) is 9.53. The van der Waals surface area contributed by atoms with Gasteiger partial charge < -0.3 is 20.4 Å². The van der Waals surface area contributed by atoms with Gasteiger partial charge in [0, 0.05) is 44.6 Å². The number of carbonyl (C=O) groups excluding carboxylic acids is 2. The minimum Gasteiger partial charge on any atom is -0.367 e. The molecule has 26 heavy (non-hydrogen) atoms. The van der Waals surface area contributed by atoms with Gasteiger partial charge >= 0.3 is 0 Å². The number of nitrogens with zero attached hydrogens (tertiary/aromatic N) is 4. The lowest BCUT2D eigenvalue weighted by atomic mass is 10.1. The highest BCUT2D eigenvalue weighted by Crippen LogP contribution is 2.31. The summed E-state index contributed by atoms with van der Waals surface area (Å²) < 4.78 is 0. The zero-order chi connectivity index (χ0) is 18.1. The van der Waals surface area contributed by atoms with Crippen LogP contribution in [0.25, 0.3) is 0 Å². The van der Waals surface area contributed by atoms with Crippen LogP contribution in [0.15, 0.2) is 0 Å². The summed E-state index contributed by atoms with van der Waals surface area (Å²) in [5.41, 5.74) is 2.08. The van der Waals surface area contributed by atoms with Gasteiger partial charge in [0.15, 0.2) is 0 Å². The van der Waals surface area contributed by atoms with Crippen molar-refractivity contribution in [2.45, 2.75) is 51.6 Å². The molecule has 2 amide bonds. The number of amides is 2. The van der Waals surface area contributed by atoms with E-state index in [-0.39, 0.29) is 18.4 Å². The van der Waals surface area contributed by atoms with E-state index in [1.807, 2.05) is 0 Å². The smallest absolute Gasteiger partial charge is 0.242 e. The summed E-state index contributed by atoms with van der Waals surface area (Å²) in [6.45, 7) is 4.63. The quantitative estimate of drug-likeness (QED) is 0.804. The van der Waals surface area contributed by atoms with Crippen LogP contribution in [0.2, 0.25) is 0 Å². The van der Waals surface area contributed by atoms with Crippen molar-refractivity contribution in [3.8, 4) is 0 Å². The molecule has 4 rings (SSSR count). The molecule has 1 aliphatic carbocycles. The second kappa shape index (κ2) is 7.09. The molecule has 8 nitrogen and oxygen atoms in total. The normalized spacial score (nSPS) is 19.3. The van der Waals surface area contributed by atoms with E-state index in [0.29, 0.717) is 19.1 Å². The molecule has 0 radical (unpaired) electrons. The Hall–Kier alpha value is -2.38. The SMILES string of the molecule is CC(=O)NCC(=O)N1CCc2nc(N3CCCC3)nc(NC3CC3)c2C1. The van der Waals surface area contributed by atoms with Crippen LogP contribution in [0.1, 0.15) is 43.9 Å². The third-order valence-corrected chi connectivity index (χ3v) is 5.20. The molecule has 1 saturated carbocycles. The lowest BCUT2D eigenvalue weighted by Gasteiger charge is -2.30. The van der Waals surface area contributed by atoms with Gasteiger partial charge in [0.2, 0.25) is 17.8 Å². The number of carbonyl (C=O) groups is 2. The Kier molecular flexibility index (Phi) is 4.65. The van der Waals surface area contributed by atoms with Crippen LogP contribution in [0.5, 0.6) is 0 Å². The van der Waals surface area contributed by atoms with Crippen LogP contribution >= 0.6 is 0 Å². The van der Waals surface area contributed by atoms with Crippen molar-refractivity contribution in [1.29, 1.82) is 0 Å². The number of hydrogen-bond donors (Lipinski definition) is 2. The first kappa shape index (κ1) is 17.1. The van der Waals surface area contributed by atoms with Gasteiger partial charge in [-0.3, -0.25) is 9.59 Å². The van der Waals surface area contributed by atoms with Gasteiger partial charge in [-0.15, -0.1) is 0 Å². The average molecular weight is 358 g/mol. The Morgan fingerprint density at radius 1 is 1.15 bits per heavy atom. The second-order valence-electron chi connectivity index (χ2n) is 7.39. The monoisotopic (exact) mass is 358 g/mol. The maximum Gasteiger partial charge on any atom is 0.242 e. The lowest BCUT2D eigenvalue weighted by molar-refractivity contribution is -0.133. The molecule has 1 aromatic heterocycles. The van der Waals surface area contributed by atoms with Crippen molar-refractivity contribution in [2.75, 3.05) is 36.4 Å². The summed E-state index contributed by atoms with van der Waals surface area (Å²) in [7, 11) is 0. The fourth-order valence-electron chi connectivity index (χ4n) is 3.52. The number of fused-ring (bicyclic) bond motifs is 1. The Labute approximate surface area is 153 Å². The molecule has 1 saturated heterocycles. The highest BCUT2D eigenvalue weighted by atomic mass is 16.2. The van der Waals surface area contributed by atoms with E-state index in [1.54, 1.807) is 4.90 Å². The molecule has 3 heterocycles. The predicted octanol–water partition coefficient (Wildman–Crippen LogP) is 0.672. The third-order valence-electron chi connectivity index (χ3n) is 5.20. The molecular formula is C18H26N6O2. The van der Waals surface area contributed by atoms with E-state index in [4.69, 9.17) is 9.97 Å². The first-order valence-corrected chi connectivity index (χ1v) is 9.53. The maximum absolute atomic E-state index is 12.4. The number of rotatable bonds is 5. The molecule has 2 aliphatic heterocycles. The molecule has 1 aromatic rings. The minimum absolute atomic E-state index is 0.0444. The summed E-state index contributed by atoms with van der Waals surface area (Å²) in [5.74, 6) is 1.45. The summed E-state index contributed by atoms with van der Waals surface area (Å²) in [6.07, 6.45) is 5.45. The topological polar surface area (TPSA) is 90.5 Å². The molecule has 8 heteroatoms. The zero-order valence-electron chi connectivity index (χ0n) is 15.3. The van der Waals surface area contributed by atoms with Crippen molar-refractivity contribution < 1.29 is 9.59 Å². The van der Waals surface area contributed by atoms with E-state index in [1.165, 1.54) is 32.6 Å². The molecular weight excluding hydrogens is 332 g/mol. The van der Waals surface area contributed by atoms with Crippen LogP contribution in [0.3, 0.4) is 0 Å². The molecule has 0 unspecified atom stereocenters. The minimum atomic E-state index is -0.189. The highest BCUT2D eigenvalue weighted by molar-refractivity contribution is 5.84. The molecule has 2 fully saturated rings. The maximum atomic E-state index is 12.4. The van der Waals surface area contributed by atoms with Gasteiger partial charge in [-0.25, -0.2) is 4.98 Å². The first-order chi connectivity index (χ1) is 12.6. The number of nitrogens with one attached hydrogen (secondary N) is 2. The second-order valence-corrected chi connectivity index (χ2v) is 7.39. The number of aromatic nitrogens is 2. The molecule has 0 atom stereocenters. The summed E-state index contributed by atoms with van der Waals surface area (Å²) in [5, 5.41) is 6.12. The third kappa shape index (κ3) is 3.73. The Bertz CT molecular complexity index is 712. The van der Waals surface area contributed by atoms with Crippen molar-refractivity contribution in [2.24, 2.45) is 0 Å². The van der Waals surface area contributed by atoms with Crippen LogP contribution < -0.4 is 15.5 Å². The Balaban J connectivity index is 1.55. The van der Waals surface area contributed by atoms with E-state index >= 15 is 0 Å². The van der Waals surface area contributed by atoms with Gasteiger partial charge in [0.05, 0.1) is 18.8 Å². The Morgan fingerprint density at radius 3 is 2.62 bits per heavy atom.